The molecule has 9 heteroatoms. The highest BCUT2D eigenvalue weighted by Crippen LogP contribution is 2.44. The third-order valence-electron chi connectivity index (χ3n) is 6.63. The van der Waals surface area contributed by atoms with Crippen LogP contribution < -0.4 is 15.6 Å². The number of alkyl halides is 1. The van der Waals surface area contributed by atoms with Gasteiger partial charge in [0.2, 0.25) is 5.43 Å². The summed E-state index contributed by atoms with van der Waals surface area (Å²) in [4.78, 5) is 30.8. The van der Waals surface area contributed by atoms with Crippen LogP contribution in [0.5, 0.6) is 0 Å². The lowest BCUT2D eigenvalue weighted by Gasteiger charge is -2.28. The molecule has 0 aromatic carbocycles. The van der Waals surface area contributed by atoms with Gasteiger partial charge in [0.1, 0.15) is 22.6 Å². The highest BCUT2D eigenvalue weighted by atomic mass is 35.5. The summed E-state index contributed by atoms with van der Waals surface area (Å²) >= 11 is 6.75. The lowest BCUT2D eigenvalue weighted by Crippen LogP contribution is -2.38. The third-order valence-corrected chi connectivity index (χ3v) is 6.98. The Morgan fingerprint density at radius 1 is 1.40 bits per heavy atom. The Labute approximate surface area is 177 Å². The van der Waals surface area contributed by atoms with Crippen molar-refractivity contribution in [2.45, 2.75) is 31.1 Å². The molecular formula is C21H22ClFN4O3. The summed E-state index contributed by atoms with van der Waals surface area (Å²) < 4.78 is 15.4. The van der Waals surface area contributed by atoms with Gasteiger partial charge in [-0.3, -0.25) is 4.79 Å². The normalized spacial score (nSPS) is 30.0. The van der Waals surface area contributed by atoms with Gasteiger partial charge in [-0.05, 0) is 19.4 Å². The predicted molar refractivity (Wildman–Crippen MR) is 112 cm³/mol. The van der Waals surface area contributed by atoms with Gasteiger partial charge in [-0.1, -0.05) is 23.8 Å². The molecule has 5 atom stereocenters. The highest BCUT2D eigenvalue weighted by Gasteiger charge is 2.42. The fraction of sp³-hybridized carbons (Fsp3) is 0.476. The van der Waals surface area contributed by atoms with Crippen LogP contribution in [0.15, 0.2) is 29.3 Å². The van der Waals surface area contributed by atoms with Crippen LogP contribution in [-0.4, -0.2) is 53.0 Å². The number of nitrogens with one attached hydrogen (secondary N) is 1. The molecule has 0 unspecified atom stereocenters. The second-order valence-electron chi connectivity index (χ2n) is 8.37. The molecule has 2 aromatic heterocycles. The third kappa shape index (κ3) is 2.93. The minimum Gasteiger partial charge on any atom is -0.477 e. The van der Waals surface area contributed by atoms with Crippen molar-refractivity contribution in [2.75, 3.05) is 25.0 Å². The number of carbonyl (C=O) groups is 1. The van der Waals surface area contributed by atoms with E-state index in [-0.39, 0.29) is 22.9 Å². The molecule has 3 heterocycles. The van der Waals surface area contributed by atoms with Gasteiger partial charge in [-0.25, -0.2) is 14.2 Å². The van der Waals surface area contributed by atoms with Gasteiger partial charge < -0.3 is 19.9 Å². The van der Waals surface area contributed by atoms with Gasteiger partial charge in [0, 0.05) is 43.9 Å². The highest BCUT2D eigenvalue weighted by molar-refractivity contribution is 6.37. The molecule has 0 bridgehead atoms. The average Bonchev–Trinajstić information content (AvgIpc) is 3.29. The molecule has 158 valence electrons. The smallest absolute Gasteiger partial charge is 0.341 e. The summed E-state index contributed by atoms with van der Waals surface area (Å²) in [5, 5.41) is 13.1. The molecule has 30 heavy (non-hydrogen) atoms. The van der Waals surface area contributed by atoms with E-state index in [4.69, 9.17) is 11.6 Å². The van der Waals surface area contributed by atoms with Gasteiger partial charge in [0.15, 0.2) is 0 Å². The van der Waals surface area contributed by atoms with Gasteiger partial charge >= 0.3 is 5.97 Å². The van der Waals surface area contributed by atoms with Crippen molar-refractivity contribution in [3.05, 3.63) is 45.4 Å². The molecule has 7 nitrogen and oxygen atoms in total. The number of halogens is 2. The van der Waals surface area contributed by atoms with Gasteiger partial charge in [-0.2, -0.15) is 0 Å². The van der Waals surface area contributed by atoms with E-state index in [0.717, 1.165) is 19.5 Å². The van der Waals surface area contributed by atoms with E-state index in [1.165, 1.54) is 17.0 Å². The summed E-state index contributed by atoms with van der Waals surface area (Å²) in [6.45, 7) is 1.56. The molecule has 1 saturated carbocycles. The van der Waals surface area contributed by atoms with Crippen LogP contribution in [0.4, 0.5) is 10.2 Å². The average molecular weight is 433 g/mol. The fourth-order valence-electron chi connectivity index (χ4n) is 4.95. The minimum absolute atomic E-state index is 0.106. The standard InChI is InChI=1S/C21H22ClFN4O3/c1-24-15-4-2-3-10-7-26(8-12(10)15)20-17(22)18-11(6-25-20)19(28)13(21(29)30)9-27(18)16-5-14(16)23/h2,4,6,9-10,12,14-16,24H,3,5,7-8H2,1H3,(H,29,30)/t10-,12+,14+,15-,16-/m1/s1. The van der Waals surface area contributed by atoms with Crippen molar-refractivity contribution < 1.29 is 14.3 Å². The molecule has 1 saturated heterocycles. The first kappa shape index (κ1) is 19.5. The molecule has 0 spiro atoms. The Hall–Kier alpha value is -2.45. The summed E-state index contributed by atoms with van der Waals surface area (Å²) in [5.74, 6) is 0.0990. The van der Waals surface area contributed by atoms with E-state index < -0.39 is 29.2 Å². The summed E-state index contributed by atoms with van der Waals surface area (Å²) in [7, 11) is 1.95. The number of hydrogen-bond donors (Lipinski definition) is 2. The lowest BCUT2D eigenvalue weighted by molar-refractivity contribution is 0.0694. The zero-order valence-electron chi connectivity index (χ0n) is 16.4. The van der Waals surface area contributed by atoms with Crippen LogP contribution in [0, 0.1) is 11.8 Å². The van der Waals surface area contributed by atoms with E-state index in [2.05, 4.69) is 27.4 Å². The second-order valence-corrected chi connectivity index (χ2v) is 8.75. The molecular weight excluding hydrogens is 411 g/mol. The maximum atomic E-state index is 13.9. The summed E-state index contributed by atoms with van der Waals surface area (Å²) in [5.41, 5.74) is -0.692. The van der Waals surface area contributed by atoms with E-state index in [0.29, 0.717) is 23.2 Å². The predicted octanol–water partition coefficient (Wildman–Crippen LogP) is 2.63. The van der Waals surface area contributed by atoms with Crippen LogP contribution >= 0.6 is 11.6 Å². The van der Waals surface area contributed by atoms with Crippen molar-refractivity contribution in [1.82, 2.24) is 14.9 Å². The van der Waals surface area contributed by atoms with E-state index in [1.807, 2.05) is 7.05 Å². The van der Waals surface area contributed by atoms with Crippen molar-refractivity contribution in [2.24, 2.45) is 11.8 Å². The van der Waals surface area contributed by atoms with Gasteiger partial charge in [0.05, 0.1) is 16.9 Å². The quantitative estimate of drug-likeness (QED) is 0.722. The molecule has 2 aromatic rings. The van der Waals surface area contributed by atoms with Crippen LogP contribution in [0.25, 0.3) is 10.9 Å². The monoisotopic (exact) mass is 432 g/mol. The number of rotatable bonds is 4. The Morgan fingerprint density at radius 2 is 2.17 bits per heavy atom. The summed E-state index contributed by atoms with van der Waals surface area (Å²) in [6.07, 6.45) is 7.17. The first-order chi connectivity index (χ1) is 14.4. The molecule has 5 rings (SSSR count). The van der Waals surface area contributed by atoms with Crippen LogP contribution in [0.1, 0.15) is 29.2 Å². The van der Waals surface area contributed by atoms with Crippen LogP contribution in [-0.2, 0) is 0 Å². The van der Waals surface area contributed by atoms with Gasteiger partial charge in [-0.15, -0.1) is 0 Å². The Morgan fingerprint density at radius 3 is 2.83 bits per heavy atom. The second kappa shape index (κ2) is 7.06. The zero-order valence-corrected chi connectivity index (χ0v) is 17.1. The van der Waals surface area contributed by atoms with Crippen molar-refractivity contribution in [3.63, 3.8) is 0 Å². The van der Waals surface area contributed by atoms with Crippen molar-refractivity contribution in [1.29, 1.82) is 0 Å². The minimum atomic E-state index is -1.35. The molecule has 0 amide bonds. The molecule has 2 N–H and O–H groups in total. The maximum absolute atomic E-state index is 13.9. The number of carboxylic acids is 1. The van der Waals surface area contributed by atoms with Gasteiger partial charge in [0.25, 0.3) is 0 Å². The van der Waals surface area contributed by atoms with Crippen LogP contribution in [0.2, 0.25) is 5.02 Å². The maximum Gasteiger partial charge on any atom is 0.341 e. The number of pyridine rings is 2. The number of aromatic nitrogens is 2. The van der Waals surface area contributed by atoms with E-state index in [1.54, 1.807) is 0 Å². The van der Waals surface area contributed by atoms with Crippen molar-refractivity contribution >= 4 is 34.3 Å². The first-order valence-electron chi connectivity index (χ1n) is 10.1. The molecule has 0 radical (unpaired) electrons. The SMILES string of the molecule is CN[C@@H]1C=CC[C@@H]2CN(c3ncc4c(=O)c(C(=O)O)cn([C@@H]5C[C@@H]5F)c4c3Cl)C[C@@H]21. The molecule has 3 aliphatic rings. The molecule has 2 aliphatic carbocycles. The lowest BCUT2D eigenvalue weighted by atomic mass is 9.82. The number of aromatic carboxylic acids is 1. The van der Waals surface area contributed by atoms with Crippen LogP contribution in [0.3, 0.4) is 0 Å². The zero-order chi connectivity index (χ0) is 21.2. The van der Waals surface area contributed by atoms with Crippen molar-refractivity contribution in [3.8, 4) is 0 Å². The Bertz CT molecular complexity index is 1130. The number of carboxylic acid groups (broad SMARTS) is 1. The Balaban J connectivity index is 1.62. The molecule has 1 aliphatic heterocycles. The number of likely N-dealkylation sites (N-methyl/N-ethyl adjacent to an activating group) is 1. The van der Waals surface area contributed by atoms with E-state index >= 15 is 0 Å². The number of allylic oxidation sites excluding steroid dienone is 1. The first-order valence-corrected chi connectivity index (χ1v) is 10.5. The largest absolute Gasteiger partial charge is 0.477 e. The van der Waals surface area contributed by atoms with E-state index in [9.17, 15) is 19.1 Å². The molecule has 2 fully saturated rings. The number of anilines is 1. The Kier molecular flexibility index (Phi) is 4.59. The fourth-order valence-corrected chi connectivity index (χ4v) is 5.31. The summed E-state index contributed by atoms with van der Waals surface area (Å²) in [6, 6.07) is -0.235. The number of nitrogens with zero attached hydrogens (tertiary/aromatic N) is 3. The topological polar surface area (TPSA) is 87.5 Å². The number of hydrogen-bond acceptors (Lipinski definition) is 5. The number of fused-ring (bicyclic) bond motifs is 2.